The van der Waals surface area contributed by atoms with Crippen molar-refractivity contribution in [3.8, 4) is 0 Å². The SMILES string of the molecule is CCCC(N(F)F)(N(F)F)C(OC(=O)C(Br)CBr)(N(F)F)N(F)F. The van der Waals surface area contributed by atoms with Crippen LogP contribution in [0, 0.1) is 0 Å². The van der Waals surface area contributed by atoms with Crippen LogP contribution in [0.25, 0.3) is 0 Å². The van der Waals surface area contributed by atoms with Crippen molar-refractivity contribution >= 4 is 37.8 Å². The van der Waals surface area contributed by atoms with E-state index in [9.17, 15) is 40.6 Å². The Kier molecular flexibility index (Phi) is 9.31. The number of alkyl halides is 2. The first-order chi connectivity index (χ1) is 10.9. The van der Waals surface area contributed by atoms with Crippen molar-refractivity contribution in [2.45, 2.75) is 36.1 Å². The second kappa shape index (κ2) is 9.42. The van der Waals surface area contributed by atoms with Gasteiger partial charge < -0.3 is 4.74 Å². The molecular weight excluding hydrogens is 496 g/mol. The minimum atomic E-state index is -5.14. The maximum absolute atomic E-state index is 13.2. The summed E-state index contributed by atoms with van der Waals surface area (Å²) < 4.78 is 109. The van der Waals surface area contributed by atoms with Gasteiger partial charge in [-0.2, -0.15) is 0 Å². The van der Waals surface area contributed by atoms with Crippen LogP contribution in [0.2, 0.25) is 0 Å². The second-order valence-corrected chi connectivity index (χ2v) is 5.90. The van der Waals surface area contributed by atoms with Gasteiger partial charge in [0.1, 0.15) is 4.83 Å². The highest BCUT2D eigenvalue weighted by atomic mass is 79.9. The van der Waals surface area contributed by atoms with E-state index < -0.39 is 56.5 Å². The molecule has 0 aliphatic rings. The van der Waals surface area contributed by atoms with Crippen molar-refractivity contribution in [1.82, 2.24) is 21.4 Å². The molecule has 0 aliphatic carbocycles. The van der Waals surface area contributed by atoms with E-state index in [1.165, 1.54) is 0 Å². The normalized spacial score (nSPS) is 14.8. The molecule has 0 aromatic rings. The van der Waals surface area contributed by atoms with Crippen molar-refractivity contribution < 1.29 is 45.4 Å². The zero-order valence-electron chi connectivity index (χ0n) is 11.6. The number of hydrogen-bond donors (Lipinski definition) is 0. The maximum Gasteiger partial charge on any atom is 0.378 e. The summed E-state index contributed by atoms with van der Waals surface area (Å²) >= 11 is 5.19. The van der Waals surface area contributed by atoms with Crippen LogP contribution in [0.3, 0.4) is 0 Å². The fraction of sp³-hybridized carbons (Fsp3) is 0.875. The van der Waals surface area contributed by atoms with Crippen LogP contribution in [0.1, 0.15) is 19.8 Å². The Labute approximate surface area is 146 Å². The molecule has 0 spiro atoms. The maximum atomic E-state index is 13.2. The molecule has 0 N–H and O–H groups in total. The fourth-order valence-electron chi connectivity index (χ4n) is 1.70. The second-order valence-electron chi connectivity index (χ2n) is 4.15. The number of rotatable bonds is 10. The minimum Gasteiger partial charge on any atom is -0.416 e. The van der Waals surface area contributed by atoms with E-state index in [1.54, 1.807) is 0 Å². The van der Waals surface area contributed by atoms with E-state index in [2.05, 4.69) is 36.6 Å². The van der Waals surface area contributed by atoms with E-state index in [-0.39, 0.29) is 5.33 Å². The van der Waals surface area contributed by atoms with Crippen molar-refractivity contribution in [3.63, 3.8) is 0 Å². The van der Waals surface area contributed by atoms with Gasteiger partial charge in [-0.25, -0.2) is 0 Å². The molecule has 0 aromatic heterocycles. The summed E-state index contributed by atoms with van der Waals surface area (Å²) in [5.41, 5.74) is -4.70. The number of ether oxygens (including phenoxy) is 1. The highest BCUT2D eigenvalue weighted by Gasteiger charge is 2.76. The molecule has 0 radical (unpaired) electrons. The summed E-state index contributed by atoms with van der Waals surface area (Å²) in [5, 5.41) is -11.0. The predicted molar refractivity (Wildman–Crippen MR) is 69.2 cm³/mol. The van der Waals surface area contributed by atoms with Gasteiger partial charge in [-0.1, -0.05) is 81.1 Å². The third-order valence-electron chi connectivity index (χ3n) is 2.77. The molecule has 0 saturated carbocycles. The first-order valence-corrected chi connectivity index (χ1v) is 7.89. The van der Waals surface area contributed by atoms with Crippen LogP contribution in [-0.4, -0.2) is 49.0 Å². The first-order valence-electron chi connectivity index (χ1n) is 5.85. The van der Waals surface area contributed by atoms with Gasteiger partial charge in [-0.15, -0.1) is 0 Å². The van der Waals surface area contributed by atoms with Gasteiger partial charge in [-0.3, -0.25) is 4.79 Å². The molecular formula is C8H10Br2F8N4O2. The lowest BCUT2D eigenvalue weighted by atomic mass is 9.99. The highest BCUT2D eigenvalue weighted by molar-refractivity contribution is 9.12. The minimum absolute atomic E-state index is 0.371. The number of nitrogens with zero attached hydrogens (tertiary/aromatic N) is 4. The fourth-order valence-corrected chi connectivity index (χ4v) is 2.06. The molecule has 0 aromatic carbocycles. The van der Waals surface area contributed by atoms with E-state index >= 15 is 0 Å². The Morgan fingerprint density at radius 3 is 1.67 bits per heavy atom. The van der Waals surface area contributed by atoms with Gasteiger partial charge in [0.2, 0.25) is 0 Å². The molecule has 6 nitrogen and oxygen atoms in total. The summed E-state index contributed by atoms with van der Waals surface area (Å²) in [4.78, 5) is 9.99. The van der Waals surface area contributed by atoms with Gasteiger partial charge in [0.25, 0.3) is 5.66 Å². The lowest BCUT2D eigenvalue weighted by Gasteiger charge is -2.45. The zero-order chi connectivity index (χ0) is 19.3. The van der Waals surface area contributed by atoms with Crippen molar-refractivity contribution in [3.05, 3.63) is 0 Å². The summed E-state index contributed by atoms with van der Waals surface area (Å²) in [5.74, 6) is -7.06. The average molecular weight is 506 g/mol. The smallest absolute Gasteiger partial charge is 0.378 e. The summed E-state index contributed by atoms with van der Waals surface area (Å²) in [6.07, 6.45) is -2.30. The molecule has 0 saturated heterocycles. The number of halogens is 10. The number of hydrogen-bond acceptors (Lipinski definition) is 6. The number of esters is 1. The molecule has 0 heterocycles. The third kappa shape index (κ3) is 4.09. The van der Waals surface area contributed by atoms with E-state index in [0.717, 1.165) is 6.92 Å². The lowest BCUT2D eigenvalue weighted by Crippen LogP contribution is -2.75. The van der Waals surface area contributed by atoms with E-state index in [4.69, 9.17) is 0 Å². The predicted octanol–water partition coefficient (Wildman–Crippen LogP) is 4.12. The van der Waals surface area contributed by atoms with Crippen LogP contribution in [0.15, 0.2) is 0 Å². The number of carbonyl (C=O) groups is 1. The van der Waals surface area contributed by atoms with Gasteiger partial charge in [-0.05, 0) is 6.42 Å². The molecule has 0 bridgehead atoms. The average Bonchev–Trinajstić information content (AvgIpc) is 2.47. The van der Waals surface area contributed by atoms with Crippen molar-refractivity contribution in [1.29, 1.82) is 0 Å². The Balaban J connectivity index is 6.47. The van der Waals surface area contributed by atoms with Crippen molar-refractivity contribution in [2.24, 2.45) is 0 Å². The molecule has 24 heavy (non-hydrogen) atoms. The summed E-state index contributed by atoms with van der Waals surface area (Å²) in [7, 11) is 0. The molecule has 144 valence electrons. The van der Waals surface area contributed by atoms with Crippen LogP contribution in [-0.2, 0) is 9.53 Å². The number of carbonyl (C=O) groups excluding carboxylic acids is 1. The van der Waals surface area contributed by atoms with Crippen LogP contribution in [0.5, 0.6) is 0 Å². The lowest BCUT2D eigenvalue weighted by molar-refractivity contribution is -0.540. The molecule has 0 fully saturated rings. The molecule has 0 amide bonds. The summed E-state index contributed by atoms with van der Waals surface area (Å²) in [6, 6.07) is 0. The zero-order valence-corrected chi connectivity index (χ0v) is 14.8. The van der Waals surface area contributed by atoms with Crippen LogP contribution < -0.4 is 0 Å². The van der Waals surface area contributed by atoms with Crippen molar-refractivity contribution in [2.75, 3.05) is 5.33 Å². The standard InChI is InChI=1S/C8H10Br2F8N4O2/c1-2-3-7(19(11)12,20(13)14)8(21(15)16,22(17)18)24-6(23)5(10)4-9/h5H,2-4H2,1H3. The van der Waals surface area contributed by atoms with E-state index in [0.29, 0.717) is 0 Å². The molecule has 16 heteroatoms. The Bertz CT molecular complexity index is 404. The molecule has 0 aliphatic heterocycles. The van der Waals surface area contributed by atoms with Gasteiger partial charge >= 0.3 is 11.8 Å². The van der Waals surface area contributed by atoms with Gasteiger partial charge in [0.05, 0.1) is 21.4 Å². The third-order valence-corrected chi connectivity index (χ3v) is 4.99. The Morgan fingerprint density at radius 1 is 1.00 bits per heavy atom. The van der Waals surface area contributed by atoms with Crippen LogP contribution >= 0.6 is 31.9 Å². The van der Waals surface area contributed by atoms with Crippen LogP contribution in [0.4, 0.5) is 35.9 Å². The quantitative estimate of drug-likeness (QED) is 0.146. The Morgan fingerprint density at radius 2 is 1.42 bits per heavy atom. The monoisotopic (exact) mass is 504 g/mol. The van der Waals surface area contributed by atoms with Gasteiger partial charge in [0.15, 0.2) is 0 Å². The largest absolute Gasteiger partial charge is 0.416 e. The van der Waals surface area contributed by atoms with Gasteiger partial charge in [0, 0.05) is 5.33 Å². The highest BCUT2D eigenvalue weighted by Crippen LogP contribution is 2.46. The first kappa shape index (κ1) is 23.7. The molecule has 1 unspecified atom stereocenters. The topological polar surface area (TPSA) is 39.3 Å². The van der Waals surface area contributed by atoms with E-state index in [1.807, 2.05) is 0 Å². The summed E-state index contributed by atoms with van der Waals surface area (Å²) in [6.45, 7) is 0.988. The molecule has 0 rings (SSSR count). The molecule has 1 atom stereocenters. The Hall–Kier alpha value is -0.290.